The molecule has 0 heterocycles. The summed E-state index contributed by atoms with van der Waals surface area (Å²) in [5.74, 6) is 2.56. The van der Waals surface area contributed by atoms with E-state index in [2.05, 4.69) is 6.92 Å². The van der Waals surface area contributed by atoms with Crippen LogP contribution in [0.15, 0.2) is 0 Å². The topological polar surface area (TPSA) is 17.1 Å². The number of hydrogen-bond acceptors (Lipinski definition) is 1. The van der Waals surface area contributed by atoms with Gasteiger partial charge in [0.05, 0.1) is 0 Å². The molecule has 0 aromatic rings. The zero-order valence-corrected chi connectivity index (χ0v) is 8.38. The highest BCUT2D eigenvalue weighted by atomic mass is 16.1. The summed E-state index contributed by atoms with van der Waals surface area (Å²) in [6.07, 6.45) is 7.69. The lowest BCUT2D eigenvalue weighted by Gasteiger charge is -2.29. The molecular weight excluding hydrogens is 160 g/mol. The van der Waals surface area contributed by atoms with Crippen molar-refractivity contribution in [3.63, 3.8) is 0 Å². The van der Waals surface area contributed by atoms with Crippen molar-refractivity contribution in [1.82, 2.24) is 0 Å². The number of ketones is 1. The summed E-state index contributed by atoms with van der Waals surface area (Å²) in [4.78, 5) is 11.9. The van der Waals surface area contributed by atoms with Gasteiger partial charge in [-0.1, -0.05) is 13.3 Å². The average Bonchev–Trinajstić information content (AvgIpc) is 2.65. The maximum atomic E-state index is 11.9. The molecule has 1 spiro atoms. The van der Waals surface area contributed by atoms with E-state index in [0.29, 0.717) is 23.0 Å². The fraction of sp³-hybridized carbons (Fsp3) is 0.917. The number of rotatable bonds is 0. The van der Waals surface area contributed by atoms with Crippen LogP contribution in [-0.2, 0) is 4.79 Å². The summed E-state index contributed by atoms with van der Waals surface area (Å²) in [6.45, 7) is 2.29. The van der Waals surface area contributed by atoms with Crippen molar-refractivity contribution in [2.45, 2.75) is 45.4 Å². The van der Waals surface area contributed by atoms with Gasteiger partial charge >= 0.3 is 0 Å². The Hall–Kier alpha value is -0.330. The first-order valence-electron chi connectivity index (χ1n) is 5.77. The normalized spacial score (nSPS) is 53.9. The molecule has 0 aliphatic heterocycles. The van der Waals surface area contributed by atoms with Gasteiger partial charge < -0.3 is 0 Å². The molecule has 0 bridgehead atoms. The Morgan fingerprint density at radius 2 is 2.15 bits per heavy atom. The Bertz CT molecular complexity index is 258. The van der Waals surface area contributed by atoms with Crippen LogP contribution in [0.1, 0.15) is 45.4 Å². The maximum absolute atomic E-state index is 11.9. The van der Waals surface area contributed by atoms with Crippen molar-refractivity contribution in [3.05, 3.63) is 0 Å². The Kier molecular flexibility index (Phi) is 1.46. The Morgan fingerprint density at radius 1 is 1.31 bits per heavy atom. The number of carbonyl (C=O) groups is 1. The van der Waals surface area contributed by atoms with Gasteiger partial charge in [0.1, 0.15) is 5.78 Å². The van der Waals surface area contributed by atoms with Crippen molar-refractivity contribution < 1.29 is 4.79 Å². The minimum Gasteiger partial charge on any atom is -0.299 e. The predicted octanol–water partition coefficient (Wildman–Crippen LogP) is 2.79. The van der Waals surface area contributed by atoms with Crippen LogP contribution in [0.3, 0.4) is 0 Å². The molecule has 0 saturated heterocycles. The first kappa shape index (κ1) is 8.02. The monoisotopic (exact) mass is 178 g/mol. The third-order valence-electron chi connectivity index (χ3n) is 5.06. The molecule has 1 heteroatoms. The zero-order valence-electron chi connectivity index (χ0n) is 8.38. The molecule has 3 aliphatic rings. The molecule has 3 aliphatic carbocycles. The first-order chi connectivity index (χ1) is 6.24. The SMILES string of the molecule is CC1CCC23CCCC2CC(=O)C13. The van der Waals surface area contributed by atoms with E-state index in [4.69, 9.17) is 0 Å². The van der Waals surface area contributed by atoms with E-state index in [0.717, 1.165) is 12.3 Å². The van der Waals surface area contributed by atoms with Crippen molar-refractivity contribution in [2.24, 2.45) is 23.2 Å². The second-order valence-electron chi connectivity index (χ2n) is 5.49. The molecule has 3 saturated carbocycles. The van der Waals surface area contributed by atoms with Crippen LogP contribution in [0.2, 0.25) is 0 Å². The average molecular weight is 178 g/mol. The van der Waals surface area contributed by atoms with Crippen LogP contribution in [0.25, 0.3) is 0 Å². The van der Waals surface area contributed by atoms with Gasteiger partial charge in [-0.3, -0.25) is 4.79 Å². The molecule has 0 aromatic heterocycles. The largest absolute Gasteiger partial charge is 0.299 e. The third-order valence-corrected chi connectivity index (χ3v) is 5.06. The van der Waals surface area contributed by atoms with Crippen LogP contribution in [0, 0.1) is 23.2 Å². The lowest BCUT2D eigenvalue weighted by molar-refractivity contribution is -0.122. The van der Waals surface area contributed by atoms with Crippen LogP contribution in [-0.4, -0.2) is 5.78 Å². The van der Waals surface area contributed by atoms with Gasteiger partial charge in [0.2, 0.25) is 0 Å². The molecule has 13 heavy (non-hydrogen) atoms. The fourth-order valence-electron chi connectivity index (χ4n) is 4.61. The zero-order chi connectivity index (χ0) is 9.05. The minimum absolute atomic E-state index is 0.472. The molecule has 3 fully saturated rings. The third kappa shape index (κ3) is 0.812. The smallest absolute Gasteiger partial charge is 0.137 e. The van der Waals surface area contributed by atoms with Crippen molar-refractivity contribution in [3.8, 4) is 0 Å². The quantitative estimate of drug-likeness (QED) is 0.557. The maximum Gasteiger partial charge on any atom is 0.137 e. The standard InChI is InChI=1S/C12H18O/c1-8-4-6-12-5-2-3-9(12)7-10(13)11(8)12/h8-9,11H,2-7H2,1H3. The van der Waals surface area contributed by atoms with E-state index >= 15 is 0 Å². The molecule has 0 N–H and O–H groups in total. The van der Waals surface area contributed by atoms with Gasteiger partial charge in [-0.15, -0.1) is 0 Å². The Morgan fingerprint density at radius 3 is 3.00 bits per heavy atom. The number of Topliss-reactive ketones (excluding diaryl/α,β-unsaturated/α-hetero) is 1. The minimum atomic E-state index is 0.472. The lowest BCUT2D eigenvalue weighted by Crippen LogP contribution is -2.26. The highest BCUT2D eigenvalue weighted by Gasteiger charge is 2.60. The van der Waals surface area contributed by atoms with Gasteiger partial charge in [0.15, 0.2) is 0 Å². The molecular formula is C12H18O. The molecule has 0 aromatic carbocycles. The Labute approximate surface area is 79.9 Å². The van der Waals surface area contributed by atoms with Gasteiger partial charge in [-0.2, -0.15) is 0 Å². The van der Waals surface area contributed by atoms with Crippen molar-refractivity contribution in [2.75, 3.05) is 0 Å². The number of carbonyl (C=O) groups excluding carboxylic acids is 1. The van der Waals surface area contributed by atoms with Crippen LogP contribution >= 0.6 is 0 Å². The van der Waals surface area contributed by atoms with E-state index < -0.39 is 0 Å². The van der Waals surface area contributed by atoms with Gasteiger partial charge in [-0.05, 0) is 42.9 Å². The molecule has 0 radical (unpaired) electrons. The summed E-state index contributed by atoms with van der Waals surface area (Å²) < 4.78 is 0. The van der Waals surface area contributed by atoms with E-state index in [1.807, 2.05) is 0 Å². The summed E-state index contributed by atoms with van der Waals surface area (Å²) in [5, 5.41) is 0. The summed E-state index contributed by atoms with van der Waals surface area (Å²) in [7, 11) is 0. The van der Waals surface area contributed by atoms with E-state index in [1.54, 1.807) is 0 Å². The highest BCUT2D eigenvalue weighted by Crippen LogP contribution is 2.64. The van der Waals surface area contributed by atoms with Crippen molar-refractivity contribution in [1.29, 1.82) is 0 Å². The molecule has 72 valence electrons. The van der Waals surface area contributed by atoms with Gasteiger partial charge in [-0.25, -0.2) is 0 Å². The Balaban J connectivity index is 2.03. The van der Waals surface area contributed by atoms with E-state index in [1.165, 1.54) is 32.1 Å². The molecule has 1 nitrogen and oxygen atoms in total. The molecule has 3 rings (SSSR count). The van der Waals surface area contributed by atoms with Crippen molar-refractivity contribution >= 4 is 5.78 Å². The second-order valence-corrected chi connectivity index (χ2v) is 5.49. The molecule has 4 atom stereocenters. The van der Waals surface area contributed by atoms with E-state index in [9.17, 15) is 4.79 Å². The van der Waals surface area contributed by atoms with Crippen LogP contribution in [0.5, 0.6) is 0 Å². The summed E-state index contributed by atoms with van der Waals surface area (Å²) >= 11 is 0. The lowest BCUT2D eigenvalue weighted by atomic mass is 9.74. The summed E-state index contributed by atoms with van der Waals surface area (Å²) in [5.41, 5.74) is 0.510. The fourth-order valence-corrected chi connectivity index (χ4v) is 4.61. The summed E-state index contributed by atoms with van der Waals surface area (Å²) in [6, 6.07) is 0. The predicted molar refractivity (Wildman–Crippen MR) is 51.3 cm³/mol. The van der Waals surface area contributed by atoms with E-state index in [-0.39, 0.29) is 0 Å². The first-order valence-corrected chi connectivity index (χ1v) is 5.77. The van der Waals surface area contributed by atoms with Crippen LogP contribution in [0.4, 0.5) is 0 Å². The number of hydrogen-bond donors (Lipinski definition) is 0. The highest BCUT2D eigenvalue weighted by molar-refractivity contribution is 5.85. The van der Waals surface area contributed by atoms with Crippen LogP contribution < -0.4 is 0 Å². The molecule has 4 unspecified atom stereocenters. The molecule has 0 amide bonds. The van der Waals surface area contributed by atoms with Gasteiger partial charge in [0, 0.05) is 12.3 Å². The second kappa shape index (κ2) is 2.37. The van der Waals surface area contributed by atoms with Gasteiger partial charge in [0.25, 0.3) is 0 Å².